The number of hydrogen-bond donors (Lipinski definition) is 0. The number of thiophene rings is 1. The molecule has 3 rings (SSSR count). The summed E-state index contributed by atoms with van der Waals surface area (Å²) in [6.07, 6.45) is 1.76. The fraction of sp³-hybridized carbons (Fsp3) is 0.188. The third-order valence-electron chi connectivity index (χ3n) is 3.00. The SMILES string of the molecule is Cc1ccc(C)c(SCc2coc(-c3cccs3)n2)c1. The molecule has 0 aliphatic carbocycles. The zero-order valence-corrected chi connectivity index (χ0v) is 13.1. The molecule has 0 atom stereocenters. The molecule has 2 nitrogen and oxygen atoms in total. The molecule has 0 aliphatic rings. The highest BCUT2D eigenvalue weighted by Gasteiger charge is 2.08. The monoisotopic (exact) mass is 301 g/mol. The predicted molar refractivity (Wildman–Crippen MR) is 85.3 cm³/mol. The van der Waals surface area contributed by atoms with Crippen molar-refractivity contribution in [3.63, 3.8) is 0 Å². The molecular formula is C16H15NOS2. The molecule has 0 amide bonds. The first kappa shape index (κ1) is 13.5. The summed E-state index contributed by atoms with van der Waals surface area (Å²) in [6, 6.07) is 10.6. The lowest BCUT2D eigenvalue weighted by molar-refractivity contribution is 0.575. The summed E-state index contributed by atoms with van der Waals surface area (Å²) < 4.78 is 5.54. The second kappa shape index (κ2) is 5.85. The number of thioether (sulfide) groups is 1. The van der Waals surface area contributed by atoms with E-state index in [0.29, 0.717) is 0 Å². The third kappa shape index (κ3) is 2.97. The van der Waals surface area contributed by atoms with E-state index < -0.39 is 0 Å². The maximum Gasteiger partial charge on any atom is 0.236 e. The average molecular weight is 301 g/mol. The van der Waals surface area contributed by atoms with Gasteiger partial charge in [0.1, 0.15) is 6.26 Å². The Morgan fingerprint density at radius 1 is 1.25 bits per heavy atom. The molecule has 0 saturated carbocycles. The maximum atomic E-state index is 5.54. The molecule has 0 radical (unpaired) electrons. The summed E-state index contributed by atoms with van der Waals surface area (Å²) in [6.45, 7) is 4.26. The van der Waals surface area contributed by atoms with Crippen molar-refractivity contribution in [2.45, 2.75) is 24.5 Å². The Kier molecular flexibility index (Phi) is 3.94. The van der Waals surface area contributed by atoms with Crippen molar-refractivity contribution >= 4 is 23.1 Å². The minimum atomic E-state index is 0.719. The minimum absolute atomic E-state index is 0.719. The van der Waals surface area contributed by atoms with Crippen LogP contribution in [0.4, 0.5) is 0 Å². The van der Waals surface area contributed by atoms with E-state index in [1.54, 1.807) is 29.4 Å². The molecule has 3 aromatic rings. The number of rotatable bonds is 4. The van der Waals surface area contributed by atoms with Gasteiger partial charge in [-0.3, -0.25) is 0 Å². The molecule has 2 heterocycles. The Hall–Kier alpha value is -1.52. The summed E-state index contributed by atoms with van der Waals surface area (Å²) in [5.41, 5.74) is 3.58. The van der Waals surface area contributed by atoms with Gasteiger partial charge in [0, 0.05) is 10.6 Å². The number of aryl methyl sites for hydroxylation is 2. The summed E-state index contributed by atoms with van der Waals surface area (Å²) in [5.74, 6) is 1.55. The molecule has 1 aromatic carbocycles. The Labute approximate surface area is 126 Å². The summed E-state index contributed by atoms with van der Waals surface area (Å²) in [4.78, 5) is 6.93. The average Bonchev–Trinajstić information content (AvgIpc) is 3.09. The second-order valence-electron chi connectivity index (χ2n) is 4.68. The van der Waals surface area contributed by atoms with E-state index in [2.05, 4.69) is 37.0 Å². The van der Waals surface area contributed by atoms with Crippen LogP contribution in [0.1, 0.15) is 16.8 Å². The number of nitrogens with zero attached hydrogens (tertiary/aromatic N) is 1. The van der Waals surface area contributed by atoms with Crippen LogP contribution in [0.5, 0.6) is 0 Å². The molecule has 102 valence electrons. The Morgan fingerprint density at radius 2 is 2.15 bits per heavy atom. The van der Waals surface area contributed by atoms with E-state index >= 15 is 0 Å². The van der Waals surface area contributed by atoms with Gasteiger partial charge in [0.05, 0.1) is 10.6 Å². The largest absolute Gasteiger partial charge is 0.444 e. The van der Waals surface area contributed by atoms with Gasteiger partial charge in [0.2, 0.25) is 5.89 Å². The first-order chi connectivity index (χ1) is 9.72. The van der Waals surface area contributed by atoms with Crippen LogP contribution < -0.4 is 0 Å². The quantitative estimate of drug-likeness (QED) is 0.611. The van der Waals surface area contributed by atoms with Gasteiger partial charge in [0.15, 0.2) is 0 Å². The highest BCUT2D eigenvalue weighted by molar-refractivity contribution is 7.98. The number of hydrogen-bond acceptors (Lipinski definition) is 4. The van der Waals surface area contributed by atoms with Crippen LogP contribution in [0.3, 0.4) is 0 Å². The highest BCUT2D eigenvalue weighted by atomic mass is 32.2. The molecule has 0 saturated heterocycles. The zero-order valence-electron chi connectivity index (χ0n) is 11.4. The van der Waals surface area contributed by atoms with Crippen LogP contribution >= 0.6 is 23.1 Å². The normalized spacial score (nSPS) is 10.9. The van der Waals surface area contributed by atoms with Crippen molar-refractivity contribution < 1.29 is 4.42 Å². The van der Waals surface area contributed by atoms with E-state index in [1.807, 2.05) is 17.5 Å². The summed E-state index contributed by atoms with van der Waals surface area (Å²) in [7, 11) is 0. The first-order valence-corrected chi connectivity index (χ1v) is 8.27. The minimum Gasteiger partial charge on any atom is -0.444 e. The smallest absolute Gasteiger partial charge is 0.236 e. The van der Waals surface area contributed by atoms with Crippen molar-refractivity contribution in [1.82, 2.24) is 4.98 Å². The Bertz CT molecular complexity index is 701. The molecular weight excluding hydrogens is 286 g/mol. The van der Waals surface area contributed by atoms with Gasteiger partial charge in [-0.15, -0.1) is 23.1 Å². The molecule has 0 aliphatic heterocycles. The lowest BCUT2D eigenvalue weighted by atomic mass is 10.2. The maximum absolute atomic E-state index is 5.54. The fourth-order valence-corrected chi connectivity index (χ4v) is 3.56. The molecule has 2 aromatic heterocycles. The van der Waals surface area contributed by atoms with Crippen LogP contribution in [0.15, 0.2) is 51.3 Å². The fourth-order valence-electron chi connectivity index (χ4n) is 1.90. The first-order valence-electron chi connectivity index (χ1n) is 6.41. The van der Waals surface area contributed by atoms with Crippen LogP contribution in [0.2, 0.25) is 0 Å². The van der Waals surface area contributed by atoms with E-state index in [0.717, 1.165) is 22.2 Å². The van der Waals surface area contributed by atoms with Gasteiger partial charge in [-0.2, -0.15) is 0 Å². The number of aromatic nitrogens is 1. The molecule has 4 heteroatoms. The van der Waals surface area contributed by atoms with E-state index in [-0.39, 0.29) is 0 Å². The predicted octanol–water partition coefficient (Wildman–Crippen LogP) is 5.31. The zero-order chi connectivity index (χ0) is 13.9. The van der Waals surface area contributed by atoms with E-state index in [1.165, 1.54) is 16.0 Å². The van der Waals surface area contributed by atoms with Gasteiger partial charge in [-0.1, -0.05) is 23.8 Å². The topological polar surface area (TPSA) is 26.0 Å². The van der Waals surface area contributed by atoms with Crippen molar-refractivity contribution in [3.8, 4) is 10.8 Å². The van der Waals surface area contributed by atoms with Crippen LogP contribution in [-0.4, -0.2) is 4.98 Å². The van der Waals surface area contributed by atoms with Crippen LogP contribution in [0.25, 0.3) is 10.8 Å². The number of benzene rings is 1. The standard InChI is InChI=1S/C16H15NOS2/c1-11-5-6-12(2)15(8-11)20-10-13-9-18-16(17-13)14-4-3-7-19-14/h3-9H,10H2,1-2H3. The summed E-state index contributed by atoms with van der Waals surface area (Å²) in [5, 5.41) is 2.03. The third-order valence-corrected chi connectivity index (χ3v) is 5.05. The highest BCUT2D eigenvalue weighted by Crippen LogP contribution is 2.29. The number of oxazole rings is 1. The van der Waals surface area contributed by atoms with Crippen molar-refractivity contribution in [3.05, 3.63) is 58.8 Å². The summed E-state index contributed by atoms with van der Waals surface area (Å²) >= 11 is 3.45. The molecule has 0 N–H and O–H groups in total. The molecule has 0 bridgehead atoms. The van der Waals surface area contributed by atoms with Gasteiger partial charge in [-0.05, 0) is 36.9 Å². The second-order valence-corrected chi connectivity index (χ2v) is 6.64. The van der Waals surface area contributed by atoms with Gasteiger partial charge in [0.25, 0.3) is 0 Å². The lowest BCUT2D eigenvalue weighted by Crippen LogP contribution is -1.85. The van der Waals surface area contributed by atoms with Gasteiger partial charge >= 0.3 is 0 Å². The van der Waals surface area contributed by atoms with Crippen molar-refractivity contribution in [1.29, 1.82) is 0 Å². The Balaban J connectivity index is 1.71. The lowest BCUT2D eigenvalue weighted by Gasteiger charge is -2.05. The van der Waals surface area contributed by atoms with Crippen molar-refractivity contribution in [2.75, 3.05) is 0 Å². The van der Waals surface area contributed by atoms with E-state index in [4.69, 9.17) is 4.42 Å². The molecule has 20 heavy (non-hydrogen) atoms. The van der Waals surface area contributed by atoms with Crippen molar-refractivity contribution in [2.24, 2.45) is 0 Å². The Morgan fingerprint density at radius 3 is 2.95 bits per heavy atom. The molecule has 0 spiro atoms. The van der Waals surface area contributed by atoms with Gasteiger partial charge in [-0.25, -0.2) is 4.98 Å². The van der Waals surface area contributed by atoms with Crippen LogP contribution in [0, 0.1) is 13.8 Å². The van der Waals surface area contributed by atoms with Gasteiger partial charge < -0.3 is 4.42 Å². The van der Waals surface area contributed by atoms with E-state index in [9.17, 15) is 0 Å². The molecule has 0 unspecified atom stereocenters. The van der Waals surface area contributed by atoms with Crippen LogP contribution in [-0.2, 0) is 5.75 Å². The molecule has 0 fully saturated rings.